The van der Waals surface area contributed by atoms with Crippen molar-refractivity contribution >= 4 is 11.8 Å². The topological polar surface area (TPSA) is 76.0 Å². The maximum atomic E-state index is 13.7. The van der Waals surface area contributed by atoms with Crippen molar-refractivity contribution in [3.05, 3.63) is 89.5 Å². The number of rotatable bonds is 6. The van der Waals surface area contributed by atoms with Crippen LogP contribution in [0.5, 0.6) is 0 Å². The fourth-order valence-corrected chi connectivity index (χ4v) is 2.72. The first-order valence-corrected chi connectivity index (χ1v) is 8.50. The number of imidazole rings is 1. The summed E-state index contributed by atoms with van der Waals surface area (Å²) in [4.78, 5) is 28.7. The Kier molecular flexibility index (Phi) is 5.78. The van der Waals surface area contributed by atoms with Gasteiger partial charge < -0.3 is 15.2 Å². The van der Waals surface area contributed by atoms with Crippen molar-refractivity contribution in [1.82, 2.24) is 20.2 Å². The number of halogens is 2. The SMILES string of the molecule is Cn1ccnc1C(NC(=O)CNC(=O)c1ccccc1F)c1ccc(F)cc1. The van der Waals surface area contributed by atoms with E-state index < -0.39 is 29.5 Å². The van der Waals surface area contributed by atoms with Gasteiger partial charge in [-0.3, -0.25) is 9.59 Å². The summed E-state index contributed by atoms with van der Waals surface area (Å²) in [6.45, 7) is -0.352. The Bertz CT molecular complexity index is 986. The molecule has 0 bridgehead atoms. The van der Waals surface area contributed by atoms with E-state index in [9.17, 15) is 18.4 Å². The molecule has 0 spiro atoms. The van der Waals surface area contributed by atoms with Crippen LogP contribution in [0.4, 0.5) is 8.78 Å². The Labute approximate surface area is 160 Å². The number of aryl methyl sites for hydroxylation is 1. The number of hydrogen-bond acceptors (Lipinski definition) is 3. The summed E-state index contributed by atoms with van der Waals surface area (Å²) in [5.41, 5.74) is 0.485. The molecule has 2 amide bonds. The van der Waals surface area contributed by atoms with E-state index in [0.29, 0.717) is 11.4 Å². The molecular formula is C20H18F2N4O2. The Morgan fingerprint density at radius 3 is 2.46 bits per heavy atom. The quantitative estimate of drug-likeness (QED) is 0.685. The third-order valence-electron chi connectivity index (χ3n) is 4.15. The zero-order chi connectivity index (χ0) is 20.1. The van der Waals surface area contributed by atoms with Crippen LogP contribution in [0.1, 0.15) is 27.8 Å². The minimum Gasteiger partial charge on any atom is -0.343 e. The number of carbonyl (C=O) groups excluding carboxylic acids is 2. The van der Waals surface area contributed by atoms with Crippen LogP contribution in [0.15, 0.2) is 60.9 Å². The summed E-state index contributed by atoms with van der Waals surface area (Å²) in [5.74, 6) is -1.71. The molecule has 3 aromatic rings. The summed E-state index contributed by atoms with van der Waals surface area (Å²) < 4.78 is 28.6. The summed E-state index contributed by atoms with van der Waals surface area (Å²) in [5, 5.41) is 5.15. The van der Waals surface area contributed by atoms with Crippen molar-refractivity contribution in [2.24, 2.45) is 7.05 Å². The van der Waals surface area contributed by atoms with Gasteiger partial charge in [0.1, 0.15) is 23.5 Å². The fraction of sp³-hybridized carbons (Fsp3) is 0.150. The number of amides is 2. The van der Waals surface area contributed by atoms with Gasteiger partial charge in [-0.05, 0) is 29.8 Å². The molecule has 8 heteroatoms. The summed E-state index contributed by atoms with van der Waals surface area (Å²) >= 11 is 0. The monoisotopic (exact) mass is 384 g/mol. The second-order valence-corrected chi connectivity index (χ2v) is 6.11. The van der Waals surface area contributed by atoms with Gasteiger partial charge in [0.15, 0.2) is 0 Å². The first kappa shape index (κ1) is 19.2. The highest BCUT2D eigenvalue weighted by Gasteiger charge is 2.21. The summed E-state index contributed by atoms with van der Waals surface area (Å²) in [7, 11) is 1.77. The Hall–Kier alpha value is -3.55. The average Bonchev–Trinajstić information content (AvgIpc) is 3.11. The second kappa shape index (κ2) is 8.43. The van der Waals surface area contributed by atoms with Gasteiger partial charge in [0, 0.05) is 19.4 Å². The number of hydrogen-bond donors (Lipinski definition) is 2. The maximum Gasteiger partial charge on any atom is 0.254 e. The van der Waals surface area contributed by atoms with Crippen LogP contribution in [-0.4, -0.2) is 27.9 Å². The molecule has 2 N–H and O–H groups in total. The zero-order valence-corrected chi connectivity index (χ0v) is 15.0. The summed E-state index contributed by atoms with van der Waals surface area (Å²) in [6.07, 6.45) is 3.30. The molecule has 28 heavy (non-hydrogen) atoms. The van der Waals surface area contributed by atoms with E-state index >= 15 is 0 Å². The number of benzene rings is 2. The van der Waals surface area contributed by atoms with E-state index in [2.05, 4.69) is 15.6 Å². The highest BCUT2D eigenvalue weighted by atomic mass is 19.1. The molecule has 1 atom stereocenters. The lowest BCUT2D eigenvalue weighted by Gasteiger charge is -2.19. The van der Waals surface area contributed by atoms with E-state index in [1.165, 1.54) is 36.4 Å². The molecule has 0 aliphatic carbocycles. The van der Waals surface area contributed by atoms with Gasteiger partial charge in [-0.25, -0.2) is 13.8 Å². The molecular weight excluding hydrogens is 366 g/mol. The van der Waals surface area contributed by atoms with Crippen molar-refractivity contribution < 1.29 is 18.4 Å². The van der Waals surface area contributed by atoms with Crippen LogP contribution in [0, 0.1) is 11.6 Å². The lowest BCUT2D eigenvalue weighted by Crippen LogP contribution is -2.39. The Morgan fingerprint density at radius 1 is 1.11 bits per heavy atom. The van der Waals surface area contributed by atoms with E-state index in [1.54, 1.807) is 36.1 Å². The maximum absolute atomic E-state index is 13.7. The van der Waals surface area contributed by atoms with Crippen LogP contribution < -0.4 is 10.6 Å². The molecule has 0 fully saturated rings. The molecule has 0 aliphatic rings. The predicted octanol–water partition coefficient (Wildman–Crippen LogP) is 2.33. The zero-order valence-electron chi connectivity index (χ0n) is 15.0. The molecule has 6 nitrogen and oxygen atoms in total. The molecule has 0 radical (unpaired) electrons. The van der Waals surface area contributed by atoms with Gasteiger partial charge in [-0.2, -0.15) is 0 Å². The van der Waals surface area contributed by atoms with Crippen molar-refractivity contribution in [1.29, 1.82) is 0 Å². The van der Waals surface area contributed by atoms with Crippen LogP contribution in [0.2, 0.25) is 0 Å². The minimum absolute atomic E-state index is 0.144. The van der Waals surface area contributed by atoms with Crippen molar-refractivity contribution in [3.63, 3.8) is 0 Å². The first-order chi connectivity index (χ1) is 13.5. The number of aromatic nitrogens is 2. The van der Waals surface area contributed by atoms with Crippen molar-refractivity contribution in [2.75, 3.05) is 6.54 Å². The van der Waals surface area contributed by atoms with Gasteiger partial charge >= 0.3 is 0 Å². The molecule has 144 valence electrons. The second-order valence-electron chi connectivity index (χ2n) is 6.11. The Balaban J connectivity index is 1.71. The third kappa shape index (κ3) is 4.40. The minimum atomic E-state index is -0.691. The number of carbonyl (C=O) groups is 2. The van der Waals surface area contributed by atoms with Gasteiger partial charge in [-0.15, -0.1) is 0 Å². The van der Waals surface area contributed by atoms with Crippen LogP contribution >= 0.6 is 0 Å². The lowest BCUT2D eigenvalue weighted by atomic mass is 10.1. The van der Waals surface area contributed by atoms with Crippen LogP contribution in [0.25, 0.3) is 0 Å². The molecule has 0 aliphatic heterocycles. The fourth-order valence-electron chi connectivity index (χ4n) is 2.72. The highest BCUT2D eigenvalue weighted by Crippen LogP contribution is 2.20. The van der Waals surface area contributed by atoms with Gasteiger partial charge in [0.05, 0.1) is 12.1 Å². The highest BCUT2D eigenvalue weighted by molar-refractivity contribution is 5.96. The van der Waals surface area contributed by atoms with Crippen LogP contribution in [-0.2, 0) is 11.8 Å². The van der Waals surface area contributed by atoms with Gasteiger partial charge in [0.2, 0.25) is 5.91 Å². The van der Waals surface area contributed by atoms with E-state index in [0.717, 1.165) is 0 Å². The first-order valence-electron chi connectivity index (χ1n) is 8.50. The molecule has 0 saturated heterocycles. The Morgan fingerprint density at radius 2 is 1.82 bits per heavy atom. The standard InChI is InChI=1S/C20H18F2N4O2/c1-26-11-10-23-19(26)18(13-6-8-14(21)9-7-13)25-17(27)12-24-20(28)15-4-2-3-5-16(15)22/h2-11,18H,12H2,1H3,(H,24,28)(H,25,27). The molecule has 1 heterocycles. The summed E-state index contributed by atoms with van der Waals surface area (Å²) in [6, 6.07) is 10.5. The van der Waals surface area contributed by atoms with Gasteiger partial charge in [0.25, 0.3) is 5.91 Å². The van der Waals surface area contributed by atoms with Crippen molar-refractivity contribution in [2.45, 2.75) is 6.04 Å². The normalized spacial score (nSPS) is 11.7. The van der Waals surface area contributed by atoms with Gasteiger partial charge in [-0.1, -0.05) is 24.3 Å². The number of nitrogens with one attached hydrogen (secondary N) is 2. The van der Waals surface area contributed by atoms with E-state index in [4.69, 9.17) is 0 Å². The lowest BCUT2D eigenvalue weighted by molar-refractivity contribution is -0.120. The predicted molar refractivity (Wildman–Crippen MR) is 98.3 cm³/mol. The van der Waals surface area contributed by atoms with E-state index in [1.807, 2.05) is 0 Å². The van der Waals surface area contributed by atoms with E-state index in [-0.39, 0.29) is 12.1 Å². The van der Waals surface area contributed by atoms with Crippen LogP contribution in [0.3, 0.4) is 0 Å². The molecule has 0 saturated carbocycles. The molecule has 1 aromatic heterocycles. The molecule has 2 aromatic carbocycles. The largest absolute Gasteiger partial charge is 0.343 e. The third-order valence-corrected chi connectivity index (χ3v) is 4.15. The molecule has 3 rings (SSSR count). The smallest absolute Gasteiger partial charge is 0.254 e. The van der Waals surface area contributed by atoms with Crippen molar-refractivity contribution in [3.8, 4) is 0 Å². The molecule has 1 unspecified atom stereocenters. The average molecular weight is 384 g/mol. The number of nitrogens with zero attached hydrogens (tertiary/aromatic N) is 2.